The lowest BCUT2D eigenvalue weighted by molar-refractivity contribution is -0.120. The molecule has 0 bridgehead atoms. The van der Waals surface area contributed by atoms with Gasteiger partial charge in [0.25, 0.3) is 0 Å². The number of nitrogens with one attached hydrogen (secondary N) is 1. The van der Waals surface area contributed by atoms with Gasteiger partial charge in [0.2, 0.25) is 5.91 Å². The molecule has 0 heterocycles. The van der Waals surface area contributed by atoms with Crippen molar-refractivity contribution < 1.29 is 22.7 Å². The summed E-state index contributed by atoms with van der Waals surface area (Å²) in [6, 6.07) is -1.06. The summed E-state index contributed by atoms with van der Waals surface area (Å²) in [6.07, 6.45) is 0.158. The topological polar surface area (TPSA) is 116 Å². The first-order chi connectivity index (χ1) is 7.91. The van der Waals surface area contributed by atoms with Crippen molar-refractivity contribution in [2.24, 2.45) is 5.73 Å². The molecule has 2 amide bonds. The van der Waals surface area contributed by atoms with Crippen LogP contribution in [-0.4, -0.2) is 44.1 Å². The highest BCUT2D eigenvalue weighted by Gasteiger charge is 2.23. The number of rotatable bonds is 5. The SMILES string of the molecule is CC(C)(C)OC(=O)NC(CCS(C)(=O)=O)C(N)=O. The lowest BCUT2D eigenvalue weighted by Gasteiger charge is -2.22. The smallest absolute Gasteiger partial charge is 0.408 e. The summed E-state index contributed by atoms with van der Waals surface area (Å²) >= 11 is 0. The van der Waals surface area contributed by atoms with E-state index in [1.807, 2.05) is 0 Å². The normalized spacial score (nSPS) is 13.8. The van der Waals surface area contributed by atoms with Crippen molar-refractivity contribution in [3.63, 3.8) is 0 Å². The first kappa shape index (κ1) is 16.7. The largest absolute Gasteiger partial charge is 0.444 e. The number of amides is 2. The Labute approximate surface area is 107 Å². The molecule has 0 saturated carbocycles. The second-order valence-electron chi connectivity index (χ2n) is 5.02. The summed E-state index contributed by atoms with van der Waals surface area (Å²) in [5.41, 5.74) is 4.37. The molecule has 0 fully saturated rings. The van der Waals surface area contributed by atoms with E-state index >= 15 is 0 Å². The van der Waals surface area contributed by atoms with Crippen LogP contribution in [0.2, 0.25) is 0 Å². The molecule has 0 aromatic carbocycles. The van der Waals surface area contributed by atoms with Gasteiger partial charge in [-0.1, -0.05) is 0 Å². The van der Waals surface area contributed by atoms with Crippen molar-refractivity contribution >= 4 is 21.8 Å². The molecule has 8 heteroatoms. The summed E-state index contributed by atoms with van der Waals surface area (Å²) in [4.78, 5) is 22.5. The van der Waals surface area contributed by atoms with Gasteiger partial charge in [-0.3, -0.25) is 4.79 Å². The number of primary amides is 1. The van der Waals surface area contributed by atoms with Crippen LogP contribution in [-0.2, 0) is 19.4 Å². The average Bonchev–Trinajstić information content (AvgIpc) is 2.06. The van der Waals surface area contributed by atoms with Crippen LogP contribution in [0.25, 0.3) is 0 Å². The fraction of sp³-hybridized carbons (Fsp3) is 0.800. The molecule has 106 valence electrons. The molecule has 7 nitrogen and oxygen atoms in total. The molecule has 0 spiro atoms. The maximum atomic E-state index is 11.4. The standard InChI is InChI=1S/C10H20N2O5S/c1-10(2,3)17-9(14)12-7(8(11)13)5-6-18(4,15)16/h7H,5-6H2,1-4H3,(H2,11,13)(H,12,14). The van der Waals surface area contributed by atoms with Crippen LogP contribution < -0.4 is 11.1 Å². The summed E-state index contributed by atoms with van der Waals surface area (Å²) in [6.45, 7) is 5.01. The zero-order valence-corrected chi connectivity index (χ0v) is 11.8. The lowest BCUT2D eigenvalue weighted by Crippen LogP contribution is -2.47. The van der Waals surface area contributed by atoms with Crippen molar-refractivity contribution in [2.75, 3.05) is 12.0 Å². The van der Waals surface area contributed by atoms with Crippen LogP contribution in [0.15, 0.2) is 0 Å². The van der Waals surface area contributed by atoms with Crippen LogP contribution in [0.5, 0.6) is 0 Å². The highest BCUT2D eigenvalue weighted by atomic mass is 32.2. The predicted molar refractivity (Wildman–Crippen MR) is 66.7 cm³/mol. The molecule has 0 aromatic rings. The quantitative estimate of drug-likeness (QED) is 0.723. The fourth-order valence-electron chi connectivity index (χ4n) is 1.07. The zero-order valence-electron chi connectivity index (χ0n) is 11.0. The first-order valence-corrected chi connectivity index (χ1v) is 7.43. The molecule has 0 aliphatic rings. The third kappa shape index (κ3) is 8.80. The number of alkyl carbamates (subject to hydrolysis) is 1. The Morgan fingerprint density at radius 2 is 1.83 bits per heavy atom. The number of carbonyl (C=O) groups excluding carboxylic acids is 2. The van der Waals surface area contributed by atoms with Crippen molar-refractivity contribution in [1.82, 2.24) is 5.32 Å². The Kier molecular flexibility index (Phi) is 5.59. The second-order valence-corrected chi connectivity index (χ2v) is 7.28. The molecule has 0 aliphatic carbocycles. The number of hydrogen-bond donors (Lipinski definition) is 2. The van der Waals surface area contributed by atoms with Crippen molar-refractivity contribution in [3.8, 4) is 0 Å². The van der Waals surface area contributed by atoms with Gasteiger partial charge in [-0.05, 0) is 27.2 Å². The van der Waals surface area contributed by atoms with Gasteiger partial charge in [0.05, 0.1) is 5.75 Å². The monoisotopic (exact) mass is 280 g/mol. The van der Waals surface area contributed by atoms with E-state index in [1.165, 1.54) is 0 Å². The van der Waals surface area contributed by atoms with E-state index in [1.54, 1.807) is 20.8 Å². The van der Waals surface area contributed by atoms with Crippen LogP contribution >= 0.6 is 0 Å². The Morgan fingerprint density at radius 1 is 1.33 bits per heavy atom. The van der Waals surface area contributed by atoms with E-state index in [9.17, 15) is 18.0 Å². The highest BCUT2D eigenvalue weighted by molar-refractivity contribution is 7.90. The summed E-state index contributed by atoms with van der Waals surface area (Å²) < 4.78 is 26.9. The van der Waals surface area contributed by atoms with E-state index < -0.39 is 33.5 Å². The molecular formula is C10H20N2O5S. The third-order valence-electron chi connectivity index (χ3n) is 1.81. The van der Waals surface area contributed by atoms with Crippen molar-refractivity contribution in [2.45, 2.75) is 38.8 Å². The molecule has 0 saturated heterocycles. The maximum absolute atomic E-state index is 11.4. The Morgan fingerprint density at radius 3 is 2.17 bits per heavy atom. The van der Waals surface area contributed by atoms with Crippen molar-refractivity contribution in [3.05, 3.63) is 0 Å². The zero-order chi connectivity index (χ0) is 14.6. The fourth-order valence-corrected chi connectivity index (χ4v) is 1.73. The predicted octanol–water partition coefficient (Wildman–Crippen LogP) is -0.200. The summed E-state index contributed by atoms with van der Waals surface area (Å²) in [7, 11) is -3.22. The van der Waals surface area contributed by atoms with Crippen LogP contribution in [0.1, 0.15) is 27.2 Å². The minimum Gasteiger partial charge on any atom is -0.444 e. The highest BCUT2D eigenvalue weighted by Crippen LogP contribution is 2.07. The van der Waals surface area contributed by atoms with Gasteiger partial charge in [-0.25, -0.2) is 13.2 Å². The summed E-state index contributed by atoms with van der Waals surface area (Å²) in [5, 5.41) is 2.25. The van der Waals surface area contributed by atoms with Crippen LogP contribution in [0.3, 0.4) is 0 Å². The van der Waals surface area contributed by atoms with Gasteiger partial charge in [0.1, 0.15) is 21.5 Å². The second kappa shape index (κ2) is 6.03. The van der Waals surface area contributed by atoms with Crippen LogP contribution in [0.4, 0.5) is 4.79 Å². The molecule has 0 aromatic heterocycles. The third-order valence-corrected chi connectivity index (χ3v) is 2.79. The molecule has 0 aliphatic heterocycles. The Hall–Kier alpha value is -1.31. The van der Waals surface area contributed by atoms with E-state index in [0.29, 0.717) is 0 Å². The number of ether oxygens (including phenoxy) is 1. The molecular weight excluding hydrogens is 260 g/mol. The number of carbonyl (C=O) groups is 2. The molecule has 18 heavy (non-hydrogen) atoms. The first-order valence-electron chi connectivity index (χ1n) is 5.37. The van der Waals surface area contributed by atoms with Gasteiger partial charge in [-0.15, -0.1) is 0 Å². The minimum absolute atomic E-state index is 0.0760. The average molecular weight is 280 g/mol. The molecule has 3 N–H and O–H groups in total. The molecule has 1 atom stereocenters. The van der Waals surface area contributed by atoms with Gasteiger partial charge in [0, 0.05) is 6.26 Å². The van der Waals surface area contributed by atoms with E-state index in [2.05, 4.69) is 5.32 Å². The van der Waals surface area contributed by atoms with Gasteiger partial charge >= 0.3 is 6.09 Å². The van der Waals surface area contributed by atoms with Crippen LogP contribution in [0, 0.1) is 0 Å². The molecule has 0 radical (unpaired) electrons. The minimum atomic E-state index is -3.22. The number of nitrogens with two attached hydrogens (primary N) is 1. The number of hydrogen-bond acceptors (Lipinski definition) is 5. The molecule has 1 unspecified atom stereocenters. The van der Waals surface area contributed by atoms with E-state index in [0.717, 1.165) is 6.26 Å². The van der Waals surface area contributed by atoms with E-state index in [-0.39, 0.29) is 12.2 Å². The van der Waals surface area contributed by atoms with Gasteiger partial charge in [0.15, 0.2) is 0 Å². The van der Waals surface area contributed by atoms with E-state index in [4.69, 9.17) is 10.5 Å². The van der Waals surface area contributed by atoms with Crippen molar-refractivity contribution in [1.29, 1.82) is 0 Å². The van der Waals surface area contributed by atoms with Gasteiger partial charge < -0.3 is 15.8 Å². The Balaban J connectivity index is 4.46. The maximum Gasteiger partial charge on any atom is 0.408 e. The summed E-state index contributed by atoms with van der Waals surface area (Å²) in [5.74, 6) is -1.04. The lowest BCUT2D eigenvalue weighted by atomic mass is 10.2. The number of sulfone groups is 1. The molecule has 0 rings (SSSR count). The van der Waals surface area contributed by atoms with Gasteiger partial charge in [-0.2, -0.15) is 0 Å². The Bertz CT molecular complexity index is 410.